The minimum Gasteiger partial charge on any atom is -0.487 e. The lowest BCUT2D eigenvalue weighted by molar-refractivity contribution is 0.200. The van der Waals surface area contributed by atoms with Crippen molar-refractivity contribution >= 4 is 17.3 Å². The van der Waals surface area contributed by atoms with E-state index in [0.29, 0.717) is 18.0 Å². The predicted molar refractivity (Wildman–Crippen MR) is 74.5 cm³/mol. The number of alkyl halides is 1. The molecule has 3 nitrogen and oxygen atoms in total. The summed E-state index contributed by atoms with van der Waals surface area (Å²) in [5, 5.41) is 12.2. The van der Waals surface area contributed by atoms with E-state index in [1.807, 2.05) is 0 Å². The van der Waals surface area contributed by atoms with Crippen LogP contribution in [0.4, 0.5) is 10.1 Å². The van der Waals surface area contributed by atoms with Crippen LogP contribution in [0.25, 0.3) is 0 Å². The molecule has 2 rings (SSSR count). The first-order valence-electron chi connectivity index (χ1n) is 6.63. The molecule has 106 valence electrons. The normalized spacial score (nSPS) is 17.4. The molecule has 1 aromatic rings. The van der Waals surface area contributed by atoms with Gasteiger partial charge in [-0.2, -0.15) is 0 Å². The maximum atomic E-state index is 13.9. The summed E-state index contributed by atoms with van der Waals surface area (Å²) in [6, 6.07) is 4.75. The van der Waals surface area contributed by atoms with Crippen LogP contribution in [0.5, 0.6) is 5.75 Å². The fourth-order valence-corrected chi connectivity index (χ4v) is 2.29. The zero-order valence-corrected chi connectivity index (χ0v) is 11.5. The van der Waals surface area contributed by atoms with E-state index in [1.165, 1.54) is 6.07 Å². The molecule has 1 saturated carbocycles. The van der Waals surface area contributed by atoms with E-state index in [4.69, 9.17) is 16.3 Å². The molecule has 0 amide bonds. The molecular weight excluding hydrogens is 269 g/mol. The maximum absolute atomic E-state index is 13.9. The molecule has 1 unspecified atom stereocenters. The van der Waals surface area contributed by atoms with E-state index in [9.17, 15) is 9.50 Å². The number of hydrogen-bond acceptors (Lipinski definition) is 3. The Bertz CT molecular complexity index is 410. The average molecular weight is 288 g/mol. The van der Waals surface area contributed by atoms with Gasteiger partial charge in [-0.1, -0.05) is 0 Å². The molecular formula is C14H19ClFNO2. The second-order valence-electron chi connectivity index (χ2n) is 4.86. The number of anilines is 1. The van der Waals surface area contributed by atoms with Gasteiger partial charge in [0.25, 0.3) is 0 Å². The van der Waals surface area contributed by atoms with Crippen LogP contribution in [0.2, 0.25) is 0 Å². The van der Waals surface area contributed by atoms with E-state index in [2.05, 4.69) is 5.32 Å². The second-order valence-corrected chi connectivity index (χ2v) is 5.17. The quantitative estimate of drug-likeness (QED) is 0.790. The fourth-order valence-electron chi connectivity index (χ4n) is 2.18. The molecule has 0 bridgehead atoms. The highest BCUT2D eigenvalue weighted by molar-refractivity contribution is 6.18. The fraction of sp³-hybridized carbons (Fsp3) is 0.571. The van der Waals surface area contributed by atoms with Gasteiger partial charge in [0, 0.05) is 18.3 Å². The summed E-state index contributed by atoms with van der Waals surface area (Å²) < 4.78 is 19.5. The molecule has 0 spiro atoms. The molecule has 19 heavy (non-hydrogen) atoms. The molecule has 2 N–H and O–H groups in total. The second kappa shape index (κ2) is 6.96. The van der Waals surface area contributed by atoms with Gasteiger partial charge in [-0.05, 0) is 37.8 Å². The Labute approximate surface area is 117 Å². The van der Waals surface area contributed by atoms with Crippen LogP contribution in [0, 0.1) is 5.82 Å². The Morgan fingerprint density at radius 2 is 2.16 bits per heavy atom. The minimum atomic E-state index is -0.640. The van der Waals surface area contributed by atoms with Gasteiger partial charge >= 0.3 is 0 Å². The molecule has 1 aliphatic carbocycles. The number of aliphatic hydroxyl groups is 1. The van der Waals surface area contributed by atoms with Crippen molar-refractivity contribution in [3.05, 3.63) is 24.0 Å². The van der Waals surface area contributed by atoms with Crippen LogP contribution < -0.4 is 10.1 Å². The lowest BCUT2D eigenvalue weighted by Gasteiger charge is -2.15. The number of halogens is 2. The van der Waals surface area contributed by atoms with Crippen LogP contribution in [0.15, 0.2) is 18.2 Å². The van der Waals surface area contributed by atoms with Crippen molar-refractivity contribution in [2.45, 2.75) is 37.9 Å². The zero-order valence-electron chi connectivity index (χ0n) is 10.7. The smallest absolute Gasteiger partial charge is 0.167 e. The summed E-state index contributed by atoms with van der Waals surface area (Å²) in [5.41, 5.74) is 0.612. The third kappa shape index (κ3) is 4.25. The molecule has 0 radical (unpaired) electrons. The largest absolute Gasteiger partial charge is 0.487 e. The summed E-state index contributed by atoms with van der Waals surface area (Å²) in [4.78, 5) is 0. The van der Waals surface area contributed by atoms with Gasteiger partial charge in [0.2, 0.25) is 0 Å². The Hall–Kier alpha value is -1.00. The van der Waals surface area contributed by atoms with E-state index >= 15 is 0 Å². The van der Waals surface area contributed by atoms with Gasteiger partial charge < -0.3 is 15.2 Å². The van der Waals surface area contributed by atoms with Crippen molar-refractivity contribution in [2.75, 3.05) is 17.7 Å². The van der Waals surface area contributed by atoms with Crippen LogP contribution in [0.1, 0.15) is 25.7 Å². The molecule has 1 aromatic carbocycles. The van der Waals surface area contributed by atoms with Gasteiger partial charge in [0.1, 0.15) is 0 Å². The minimum absolute atomic E-state index is 0.145. The monoisotopic (exact) mass is 287 g/mol. The number of nitrogens with one attached hydrogen (secondary N) is 1. The average Bonchev–Trinajstić information content (AvgIpc) is 2.91. The van der Waals surface area contributed by atoms with Crippen molar-refractivity contribution in [1.29, 1.82) is 0 Å². The molecule has 0 aliphatic heterocycles. The third-order valence-corrected chi connectivity index (χ3v) is 3.60. The Morgan fingerprint density at radius 3 is 2.79 bits per heavy atom. The van der Waals surface area contributed by atoms with Crippen LogP contribution in [-0.2, 0) is 0 Å². The highest BCUT2D eigenvalue weighted by atomic mass is 35.5. The van der Waals surface area contributed by atoms with Gasteiger partial charge in [-0.15, -0.1) is 11.6 Å². The molecule has 1 fully saturated rings. The van der Waals surface area contributed by atoms with Gasteiger partial charge in [-0.3, -0.25) is 0 Å². The van der Waals surface area contributed by atoms with Gasteiger partial charge in [0.15, 0.2) is 11.6 Å². The molecule has 5 heteroatoms. The van der Waals surface area contributed by atoms with E-state index in [1.54, 1.807) is 12.1 Å². The molecule has 0 aromatic heterocycles. The third-order valence-electron chi connectivity index (χ3n) is 3.25. The van der Waals surface area contributed by atoms with Crippen LogP contribution >= 0.6 is 11.6 Å². The Morgan fingerprint density at radius 1 is 1.42 bits per heavy atom. The first-order chi connectivity index (χ1) is 9.19. The first-order valence-corrected chi connectivity index (χ1v) is 7.16. The Balaban J connectivity index is 1.92. The molecule has 0 saturated heterocycles. The van der Waals surface area contributed by atoms with Crippen molar-refractivity contribution in [2.24, 2.45) is 0 Å². The lowest BCUT2D eigenvalue weighted by atomic mass is 10.2. The number of hydrogen-bond donors (Lipinski definition) is 2. The number of rotatable bonds is 6. The van der Waals surface area contributed by atoms with Crippen molar-refractivity contribution in [3.63, 3.8) is 0 Å². The predicted octanol–water partition coefficient (Wildman–Crippen LogP) is 3.16. The summed E-state index contributed by atoms with van der Waals surface area (Å²) in [6.07, 6.45) is 3.82. The van der Waals surface area contributed by atoms with Gasteiger partial charge in [0.05, 0.1) is 18.1 Å². The van der Waals surface area contributed by atoms with Crippen LogP contribution in [-0.4, -0.2) is 29.7 Å². The molecule has 1 atom stereocenters. The highest BCUT2D eigenvalue weighted by Gasteiger charge is 2.18. The van der Waals surface area contributed by atoms with Crippen molar-refractivity contribution in [1.82, 2.24) is 0 Å². The maximum Gasteiger partial charge on any atom is 0.167 e. The van der Waals surface area contributed by atoms with Gasteiger partial charge in [-0.25, -0.2) is 4.39 Å². The van der Waals surface area contributed by atoms with E-state index in [0.717, 1.165) is 25.7 Å². The SMILES string of the molecule is OC(CCl)CNc1ccc(OC2CCCC2)c(F)c1. The summed E-state index contributed by atoms with van der Waals surface area (Å²) in [7, 11) is 0. The molecule has 0 heterocycles. The lowest BCUT2D eigenvalue weighted by Crippen LogP contribution is -2.20. The Kier molecular flexibility index (Phi) is 5.28. The summed E-state index contributed by atoms with van der Waals surface area (Å²) in [6.45, 7) is 0.297. The van der Waals surface area contributed by atoms with E-state index < -0.39 is 6.10 Å². The topological polar surface area (TPSA) is 41.5 Å². The standard InChI is InChI=1S/C14H19ClFNO2/c15-8-11(18)9-17-10-5-6-14(13(16)7-10)19-12-3-1-2-4-12/h5-7,11-12,17-18H,1-4,8-9H2. The molecule has 1 aliphatic rings. The number of aliphatic hydroxyl groups excluding tert-OH is 1. The zero-order chi connectivity index (χ0) is 13.7. The van der Waals surface area contributed by atoms with E-state index in [-0.39, 0.29) is 17.8 Å². The van der Waals surface area contributed by atoms with Crippen molar-refractivity contribution < 1.29 is 14.2 Å². The van der Waals surface area contributed by atoms with Crippen LogP contribution in [0.3, 0.4) is 0 Å². The highest BCUT2D eigenvalue weighted by Crippen LogP contribution is 2.27. The number of benzene rings is 1. The summed E-state index contributed by atoms with van der Waals surface area (Å²) in [5.74, 6) is 0.0749. The first kappa shape index (κ1) is 14.4. The summed E-state index contributed by atoms with van der Waals surface area (Å²) >= 11 is 5.49. The number of ether oxygens (including phenoxy) is 1. The van der Waals surface area contributed by atoms with Crippen molar-refractivity contribution in [3.8, 4) is 5.75 Å².